The largest absolute Gasteiger partial charge is 0.497 e. The van der Waals surface area contributed by atoms with Crippen LogP contribution in [0.2, 0.25) is 0 Å². The number of methoxy groups -OCH3 is 1. The van der Waals surface area contributed by atoms with E-state index in [4.69, 9.17) is 9.84 Å². The van der Waals surface area contributed by atoms with Crippen LogP contribution in [-0.2, 0) is 30.7 Å². The molecule has 2 N–H and O–H groups in total. The molecule has 2 amide bonds. The molecule has 9 nitrogen and oxygen atoms in total. The summed E-state index contributed by atoms with van der Waals surface area (Å²) in [7, 11) is 5.12. The topological polar surface area (TPSA) is 91.7 Å². The molecule has 2 aliphatic rings. The number of fused-ring (bicyclic) bond motifs is 1. The maximum atomic E-state index is 13.5. The Morgan fingerprint density at radius 2 is 1.84 bits per heavy atom. The number of aromatic nitrogens is 2. The number of hydrogen-bond acceptors (Lipinski definition) is 6. The summed E-state index contributed by atoms with van der Waals surface area (Å²) >= 11 is 0. The van der Waals surface area contributed by atoms with Gasteiger partial charge in [-0.05, 0) is 36.1 Å². The number of carbonyl (C=O) groups is 2. The standard InChI is InChI=1S/C28H34N6O3/c1-32(2)28(36)26-22-18-33(27(35)24-17-23(29-30-24)20-7-5-4-6-8-20)15-14-25(22)34(31-26)16-13-19-9-11-21(37-3)12-10-19/h4-12,23-24,29-30H,13-18H2,1-3H3. The lowest BCUT2D eigenvalue weighted by Crippen LogP contribution is -2.47. The van der Waals surface area contributed by atoms with Gasteiger partial charge >= 0.3 is 0 Å². The van der Waals surface area contributed by atoms with Gasteiger partial charge in [0.1, 0.15) is 11.8 Å². The molecule has 0 aliphatic carbocycles. The van der Waals surface area contributed by atoms with Gasteiger partial charge in [0.05, 0.1) is 7.11 Å². The van der Waals surface area contributed by atoms with E-state index in [2.05, 4.69) is 23.0 Å². The van der Waals surface area contributed by atoms with Crippen LogP contribution < -0.4 is 15.6 Å². The van der Waals surface area contributed by atoms with Crippen LogP contribution >= 0.6 is 0 Å². The van der Waals surface area contributed by atoms with Gasteiger partial charge in [-0.3, -0.25) is 14.3 Å². The molecule has 1 aromatic heterocycles. The van der Waals surface area contributed by atoms with E-state index in [1.54, 1.807) is 26.1 Å². The number of hydrogen-bond donors (Lipinski definition) is 2. The van der Waals surface area contributed by atoms with Gasteiger partial charge in [0, 0.05) is 57.4 Å². The summed E-state index contributed by atoms with van der Waals surface area (Å²) in [5.41, 5.74) is 11.1. The van der Waals surface area contributed by atoms with Gasteiger partial charge in [-0.1, -0.05) is 42.5 Å². The highest BCUT2D eigenvalue weighted by molar-refractivity contribution is 5.94. The van der Waals surface area contributed by atoms with E-state index in [1.165, 1.54) is 5.56 Å². The summed E-state index contributed by atoms with van der Waals surface area (Å²) in [6.07, 6.45) is 2.13. The zero-order chi connectivity index (χ0) is 25.9. The summed E-state index contributed by atoms with van der Waals surface area (Å²) in [5, 5.41) is 4.74. The zero-order valence-corrected chi connectivity index (χ0v) is 21.6. The van der Waals surface area contributed by atoms with E-state index in [0.717, 1.165) is 29.0 Å². The Hall–Kier alpha value is -3.69. The Morgan fingerprint density at radius 3 is 2.54 bits per heavy atom. The van der Waals surface area contributed by atoms with Crippen molar-refractivity contribution in [2.24, 2.45) is 0 Å². The van der Waals surface area contributed by atoms with Crippen LogP contribution in [0.25, 0.3) is 0 Å². The second-order valence-corrected chi connectivity index (χ2v) is 9.84. The predicted octanol–water partition coefficient (Wildman–Crippen LogP) is 2.33. The molecule has 2 unspecified atom stereocenters. The molecule has 194 valence electrons. The summed E-state index contributed by atoms with van der Waals surface area (Å²) in [4.78, 5) is 29.9. The molecule has 0 bridgehead atoms. The molecular formula is C28H34N6O3. The first-order valence-electron chi connectivity index (χ1n) is 12.7. The van der Waals surface area contributed by atoms with Crippen LogP contribution in [0, 0.1) is 0 Å². The van der Waals surface area contributed by atoms with Gasteiger partial charge in [-0.2, -0.15) is 5.10 Å². The molecule has 37 heavy (non-hydrogen) atoms. The first kappa shape index (κ1) is 25.0. The summed E-state index contributed by atoms with van der Waals surface area (Å²) in [6, 6.07) is 17.9. The lowest BCUT2D eigenvalue weighted by molar-refractivity contribution is -0.134. The van der Waals surface area contributed by atoms with Gasteiger partial charge in [0.2, 0.25) is 5.91 Å². The number of carbonyl (C=O) groups excluding carboxylic acids is 2. The van der Waals surface area contributed by atoms with Crippen molar-refractivity contribution in [1.82, 2.24) is 30.4 Å². The molecular weight excluding hydrogens is 468 g/mol. The van der Waals surface area contributed by atoms with Crippen molar-refractivity contribution >= 4 is 11.8 Å². The second kappa shape index (κ2) is 10.7. The van der Waals surface area contributed by atoms with Crippen molar-refractivity contribution in [3.8, 4) is 5.75 Å². The second-order valence-electron chi connectivity index (χ2n) is 9.84. The van der Waals surface area contributed by atoms with Crippen LogP contribution in [0.5, 0.6) is 5.75 Å². The van der Waals surface area contributed by atoms with Crippen LogP contribution in [0.15, 0.2) is 54.6 Å². The molecule has 0 saturated carbocycles. The van der Waals surface area contributed by atoms with E-state index in [-0.39, 0.29) is 23.9 Å². The monoisotopic (exact) mass is 502 g/mol. The van der Waals surface area contributed by atoms with Crippen LogP contribution in [-0.4, -0.2) is 65.2 Å². The number of rotatable bonds is 7. The fourth-order valence-electron chi connectivity index (χ4n) is 5.12. The first-order valence-corrected chi connectivity index (χ1v) is 12.7. The molecule has 2 aromatic carbocycles. The van der Waals surface area contributed by atoms with E-state index < -0.39 is 0 Å². The Labute approximate surface area is 217 Å². The van der Waals surface area contributed by atoms with Crippen molar-refractivity contribution < 1.29 is 14.3 Å². The lowest BCUT2D eigenvalue weighted by Gasteiger charge is -2.30. The normalized spacial score (nSPS) is 18.9. The molecule has 5 rings (SSSR count). The average Bonchev–Trinajstić information content (AvgIpc) is 3.57. The molecule has 1 fully saturated rings. The maximum absolute atomic E-state index is 13.5. The zero-order valence-electron chi connectivity index (χ0n) is 21.6. The molecule has 3 aromatic rings. The summed E-state index contributed by atoms with van der Waals surface area (Å²) in [5.74, 6) is 0.732. The van der Waals surface area contributed by atoms with E-state index in [0.29, 0.717) is 38.2 Å². The Balaban J connectivity index is 1.31. The molecule has 0 spiro atoms. The number of nitrogens with one attached hydrogen (secondary N) is 2. The quantitative estimate of drug-likeness (QED) is 0.515. The highest BCUT2D eigenvalue weighted by Gasteiger charge is 2.36. The van der Waals surface area contributed by atoms with Crippen molar-refractivity contribution in [3.05, 3.63) is 82.7 Å². The summed E-state index contributed by atoms with van der Waals surface area (Å²) in [6.45, 7) is 1.65. The fourth-order valence-corrected chi connectivity index (χ4v) is 5.12. The molecule has 2 atom stereocenters. The minimum absolute atomic E-state index is 0.0471. The number of ether oxygens (including phenoxy) is 1. The average molecular weight is 503 g/mol. The number of nitrogens with zero attached hydrogens (tertiary/aromatic N) is 4. The fraction of sp³-hybridized carbons (Fsp3) is 0.393. The Kier molecular flexibility index (Phi) is 7.25. The minimum atomic E-state index is -0.315. The van der Waals surface area contributed by atoms with Crippen LogP contribution in [0.4, 0.5) is 0 Å². The number of hydrazine groups is 1. The van der Waals surface area contributed by atoms with Gasteiger partial charge in [-0.15, -0.1) is 0 Å². The molecule has 3 heterocycles. The third-order valence-corrected chi connectivity index (χ3v) is 7.23. The first-order chi connectivity index (χ1) is 17.9. The summed E-state index contributed by atoms with van der Waals surface area (Å²) < 4.78 is 7.21. The highest BCUT2D eigenvalue weighted by Crippen LogP contribution is 2.27. The van der Waals surface area contributed by atoms with Crippen LogP contribution in [0.1, 0.15) is 45.3 Å². The van der Waals surface area contributed by atoms with E-state index >= 15 is 0 Å². The molecule has 2 aliphatic heterocycles. The third-order valence-electron chi connectivity index (χ3n) is 7.23. The van der Waals surface area contributed by atoms with Gasteiger partial charge < -0.3 is 14.5 Å². The van der Waals surface area contributed by atoms with E-state index in [9.17, 15) is 9.59 Å². The number of aryl methyl sites for hydroxylation is 2. The lowest BCUT2D eigenvalue weighted by atomic mass is 9.99. The SMILES string of the molecule is COc1ccc(CCn2nc(C(=O)N(C)C)c3c2CCN(C(=O)C2CC(c4ccccc4)NN2)C3)cc1. The predicted molar refractivity (Wildman–Crippen MR) is 140 cm³/mol. The van der Waals surface area contributed by atoms with Gasteiger partial charge in [0.15, 0.2) is 5.69 Å². The minimum Gasteiger partial charge on any atom is -0.497 e. The Bertz CT molecular complexity index is 1250. The van der Waals surface area contributed by atoms with Crippen molar-refractivity contribution in [2.75, 3.05) is 27.7 Å². The molecule has 1 saturated heterocycles. The molecule has 9 heteroatoms. The van der Waals surface area contributed by atoms with Gasteiger partial charge in [0.25, 0.3) is 5.91 Å². The number of amides is 2. The Morgan fingerprint density at radius 1 is 1.08 bits per heavy atom. The molecule has 0 radical (unpaired) electrons. The van der Waals surface area contributed by atoms with Crippen molar-refractivity contribution in [2.45, 2.75) is 44.4 Å². The smallest absolute Gasteiger partial charge is 0.274 e. The number of benzene rings is 2. The maximum Gasteiger partial charge on any atom is 0.274 e. The van der Waals surface area contributed by atoms with Crippen molar-refractivity contribution in [3.63, 3.8) is 0 Å². The van der Waals surface area contributed by atoms with Crippen molar-refractivity contribution in [1.29, 1.82) is 0 Å². The third kappa shape index (κ3) is 5.23. The highest BCUT2D eigenvalue weighted by atomic mass is 16.5. The van der Waals surface area contributed by atoms with Crippen LogP contribution in [0.3, 0.4) is 0 Å². The van der Waals surface area contributed by atoms with Gasteiger partial charge in [-0.25, -0.2) is 10.9 Å². The van der Waals surface area contributed by atoms with E-state index in [1.807, 2.05) is 52.0 Å².